The zero-order valence-corrected chi connectivity index (χ0v) is 49.0. The topological polar surface area (TPSA) is 140 Å². The van der Waals surface area contributed by atoms with Crippen LogP contribution in [0.2, 0.25) is 5.02 Å². The van der Waals surface area contributed by atoms with Gasteiger partial charge in [-0.2, -0.15) is 13.2 Å². The molecule has 0 atom stereocenters. The first kappa shape index (κ1) is 61.0. The maximum absolute atomic E-state index is 15.6. The second-order valence-corrected chi connectivity index (χ2v) is 25.3. The minimum Gasteiger partial charge on any atom is -0.465 e. The maximum atomic E-state index is 15.6. The van der Waals surface area contributed by atoms with Crippen molar-refractivity contribution in [2.45, 2.75) is 71.7 Å². The second kappa shape index (κ2) is 28.2. The smallest absolute Gasteiger partial charge is 0.465 e. The van der Waals surface area contributed by atoms with E-state index >= 15 is 4.39 Å². The number of aromatic nitrogens is 1. The summed E-state index contributed by atoms with van der Waals surface area (Å²) in [7, 11) is -7.57. The highest BCUT2D eigenvalue weighted by molar-refractivity contribution is 8.00. The van der Waals surface area contributed by atoms with E-state index in [1.807, 2.05) is 78.9 Å². The number of thioether (sulfide) groups is 2. The molecule has 22 heteroatoms. The molecule has 0 unspecified atom stereocenters. The molecule has 4 N–H and O–H groups in total. The van der Waals surface area contributed by atoms with Crippen LogP contribution in [0.5, 0.6) is 0 Å². The van der Waals surface area contributed by atoms with Crippen molar-refractivity contribution in [3.05, 3.63) is 132 Å². The molecule has 0 radical (unpaired) electrons. The standard InChI is InChI=1S/C46H46ClF4N5O2S4.C10H20NO4P/c1-30(2)56-31(3)45(59-4)43(44(56)32-10-12-34(47)13-11-32)33-26-35(48)28-38(27-33)55-23-21-54(22-24-55)37-16-14-36(15-17-37)53-61-40-18-19-41(42(29-40)62(57,58)46(49,50)51)52-20-25-60-39-8-6-5-7-9-39;1-2-11-5-3-9(4-6-11)10(12)15-7-8-16(13)14/h5-19,26-30,52-53H,20-25H2,1-4H3;9,13-14H,2-8H2,1H3. The highest BCUT2D eigenvalue weighted by Crippen LogP contribution is 2.46. The highest BCUT2D eigenvalue weighted by atomic mass is 35.5. The van der Waals surface area contributed by atoms with Crippen LogP contribution in [0.3, 0.4) is 0 Å². The van der Waals surface area contributed by atoms with Crippen LogP contribution in [-0.4, -0.2) is 116 Å². The number of carbonyl (C=O) groups excluding carboxylic acids is 1. The number of piperazine rings is 1. The van der Waals surface area contributed by atoms with Gasteiger partial charge in [0.15, 0.2) is 8.38 Å². The maximum Gasteiger partial charge on any atom is 0.501 e. The Labute approximate surface area is 474 Å². The van der Waals surface area contributed by atoms with Crippen molar-refractivity contribution >= 4 is 94.0 Å². The third-order valence-electron chi connectivity index (χ3n) is 13.4. The SMILES string of the molecule is CCN1CCC(C(=O)OCCP(O)O)CC1.CSc1c(-c2cc(F)cc(N3CCN(c4ccc(NSc5ccc(NCCSc6ccccc6)c(S(=O)(=O)C(F)(F)F)c5)cc4)CC3)c2)c(-c2ccc(Cl)cc2)n(C(C)C)c1C. The number of rotatable bonds is 20. The van der Waals surface area contributed by atoms with E-state index in [1.165, 1.54) is 17.8 Å². The average Bonchev–Trinajstić information content (AvgIpc) is 3.95. The number of alkyl halides is 3. The summed E-state index contributed by atoms with van der Waals surface area (Å²) in [5.74, 6) is 0.0246. The Kier molecular flexibility index (Phi) is 22.0. The molecule has 1 aromatic heterocycles. The Morgan fingerprint density at radius 1 is 0.846 bits per heavy atom. The van der Waals surface area contributed by atoms with Gasteiger partial charge in [-0.3, -0.25) is 4.79 Å². The van der Waals surface area contributed by atoms with Crippen molar-refractivity contribution in [2.24, 2.45) is 5.92 Å². The predicted molar refractivity (Wildman–Crippen MR) is 315 cm³/mol. The van der Waals surface area contributed by atoms with Gasteiger partial charge in [-0.1, -0.05) is 48.9 Å². The molecule has 0 spiro atoms. The number of hydrogen-bond donors (Lipinski definition) is 4. The van der Waals surface area contributed by atoms with E-state index in [4.69, 9.17) is 26.1 Å². The number of carbonyl (C=O) groups is 1. The molecule has 0 aliphatic carbocycles. The van der Waals surface area contributed by atoms with Crippen molar-refractivity contribution in [2.75, 3.05) is 97.0 Å². The van der Waals surface area contributed by atoms with E-state index in [1.54, 1.807) is 30.0 Å². The number of piperidine rings is 1. The minimum absolute atomic E-state index is 0.00795. The Balaban J connectivity index is 0.000000473. The summed E-state index contributed by atoms with van der Waals surface area (Å²) in [6.45, 7) is 14.6. The summed E-state index contributed by atoms with van der Waals surface area (Å²) >= 11 is 10.5. The second-order valence-electron chi connectivity index (χ2n) is 18.9. The summed E-state index contributed by atoms with van der Waals surface area (Å²) in [5.41, 5.74) is 1.93. The van der Waals surface area contributed by atoms with E-state index in [0.717, 1.165) is 99.7 Å². The van der Waals surface area contributed by atoms with Crippen molar-refractivity contribution in [3.63, 3.8) is 0 Å². The molecule has 2 fully saturated rings. The third-order valence-corrected chi connectivity index (χ3v) is 18.6. The number of sulfone groups is 1. The number of anilines is 4. The van der Waals surface area contributed by atoms with Crippen molar-refractivity contribution in [3.8, 4) is 22.4 Å². The number of ether oxygens (including phenoxy) is 1. The molecule has 6 aromatic rings. The van der Waals surface area contributed by atoms with Crippen LogP contribution < -0.4 is 19.8 Å². The lowest BCUT2D eigenvalue weighted by molar-refractivity contribution is -0.149. The van der Waals surface area contributed by atoms with E-state index in [9.17, 15) is 26.4 Å². The van der Waals surface area contributed by atoms with Gasteiger partial charge in [-0.25, -0.2) is 12.8 Å². The van der Waals surface area contributed by atoms with Gasteiger partial charge in [-0.15, -0.1) is 23.5 Å². The van der Waals surface area contributed by atoms with Crippen molar-refractivity contribution in [1.82, 2.24) is 9.47 Å². The number of esters is 1. The fraction of sp³-hybridized carbons (Fsp3) is 0.375. The van der Waals surface area contributed by atoms with Gasteiger partial charge in [0, 0.05) is 92.5 Å². The summed E-state index contributed by atoms with van der Waals surface area (Å²) in [5, 5.41) is 3.54. The molecule has 8 rings (SSSR count). The molecule has 0 amide bonds. The Morgan fingerprint density at radius 3 is 2.10 bits per heavy atom. The van der Waals surface area contributed by atoms with Gasteiger partial charge in [0.25, 0.3) is 9.84 Å². The monoisotopic (exact) mass is 1190 g/mol. The van der Waals surface area contributed by atoms with Crippen LogP contribution in [0, 0.1) is 18.7 Å². The van der Waals surface area contributed by atoms with Crippen molar-refractivity contribution < 1.29 is 45.3 Å². The minimum atomic E-state index is -5.62. The molecule has 0 bridgehead atoms. The molecule has 5 aromatic carbocycles. The van der Waals surface area contributed by atoms with Crippen LogP contribution in [0.15, 0.2) is 135 Å². The molecular formula is C56H66ClF4N6O6PS4. The number of halogens is 5. The average molecular weight is 1190 g/mol. The van der Waals surface area contributed by atoms with E-state index in [0.29, 0.717) is 47.5 Å². The van der Waals surface area contributed by atoms with Gasteiger partial charge in [0.2, 0.25) is 0 Å². The fourth-order valence-corrected chi connectivity index (χ4v) is 13.2. The zero-order valence-electron chi connectivity index (χ0n) is 44.1. The van der Waals surface area contributed by atoms with Gasteiger partial charge >= 0.3 is 11.5 Å². The quantitative estimate of drug-likeness (QED) is 0.0144. The predicted octanol–water partition coefficient (Wildman–Crippen LogP) is 13.7. The lowest BCUT2D eigenvalue weighted by atomic mass is 9.97. The normalized spacial score (nSPS) is 14.6. The Hall–Kier alpha value is -4.63. The van der Waals surface area contributed by atoms with Gasteiger partial charge in [-0.05, 0) is 168 Å². The first-order valence-corrected chi connectivity index (χ1v) is 31.9. The Morgan fingerprint density at radius 2 is 1.50 bits per heavy atom. The number of likely N-dealkylation sites (tertiary alicyclic amines) is 1. The Bertz CT molecular complexity index is 3040. The molecule has 12 nitrogen and oxygen atoms in total. The van der Waals surface area contributed by atoms with Crippen LogP contribution >= 0.6 is 55.4 Å². The first-order valence-electron chi connectivity index (χ1n) is 25.6. The van der Waals surface area contributed by atoms with Gasteiger partial charge < -0.3 is 43.8 Å². The summed E-state index contributed by atoms with van der Waals surface area (Å²) in [6.07, 6.45) is 3.90. The van der Waals surface area contributed by atoms with E-state index < -0.39 is 28.6 Å². The van der Waals surface area contributed by atoms with Crippen LogP contribution in [0.1, 0.15) is 45.3 Å². The summed E-state index contributed by atoms with van der Waals surface area (Å²) in [6, 6.07) is 34.5. The van der Waals surface area contributed by atoms with E-state index in [2.05, 4.69) is 69.3 Å². The molecule has 0 saturated carbocycles. The number of nitrogens with one attached hydrogen (secondary N) is 2. The van der Waals surface area contributed by atoms with E-state index in [-0.39, 0.29) is 48.7 Å². The number of benzene rings is 5. The zero-order chi connectivity index (χ0) is 56.1. The van der Waals surface area contributed by atoms with Crippen molar-refractivity contribution in [1.29, 1.82) is 0 Å². The summed E-state index contributed by atoms with van der Waals surface area (Å²) < 4.78 is 92.6. The van der Waals surface area contributed by atoms with Gasteiger partial charge in [0.1, 0.15) is 10.7 Å². The molecule has 420 valence electrons. The fourth-order valence-electron chi connectivity index (χ4n) is 9.48. The molecule has 3 heterocycles. The largest absolute Gasteiger partial charge is 0.501 e. The molecule has 2 aliphatic heterocycles. The number of hydrogen-bond acceptors (Lipinski definition) is 14. The molecule has 2 saturated heterocycles. The molecular weight excluding hydrogens is 1120 g/mol. The lowest BCUT2D eigenvalue weighted by Gasteiger charge is -2.37. The summed E-state index contributed by atoms with van der Waals surface area (Å²) in [4.78, 5) is 37.3. The third kappa shape index (κ3) is 15.8. The molecule has 78 heavy (non-hydrogen) atoms. The highest BCUT2D eigenvalue weighted by Gasteiger charge is 2.48. The lowest BCUT2D eigenvalue weighted by Crippen LogP contribution is -2.46. The van der Waals surface area contributed by atoms with Crippen LogP contribution in [-0.2, 0) is 19.4 Å². The van der Waals surface area contributed by atoms with Crippen LogP contribution in [0.4, 0.5) is 40.3 Å². The van der Waals surface area contributed by atoms with Crippen LogP contribution in [0.25, 0.3) is 22.4 Å². The van der Waals surface area contributed by atoms with Gasteiger partial charge in [0.05, 0.1) is 30.1 Å². The first-order chi connectivity index (χ1) is 37.3. The number of nitrogens with zero attached hydrogens (tertiary/aromatic N) is 4. The molecule has 2 aliphatic rings.